The van der Waals surface area contributed by atoms with Crippen molar-refractivity contribution in [1.29, 1.82) is 5.26 Å². The molecule has 27 heavy (non-hydrogen) atoms. The van der Waals surface area contributed by atoms with Gasteiger partial charge in [0.15, 0.2) is 18.1 Å². The second-order valence-corrected chi connectivity index (χ2v) is 5.58. The Balaban J connectivity index is 1.47. The standard InChI is InChI=1S/C20H16N2O5/c21-12-15-3-1-14(2-4-15)5-8-20(24)27-13-19(23)22-16-6-7-17-18(11-16)26-10-9-25-17/h1-8,11H,9-10,13H2,(H,22,23)/b8-5+. The molecule has 1 amide bonds. The number of hydrogen-bond donors (Lipinski definition) is 1. The lowest BCUT2D eigenvalue weighted by molar-refractivity contribution is -0.142. The van der Waals surface area contributed by atoms with E-state index in [0.29, 0.717) is 36.0 Å². The van der Waals surface area contributed by atoms with Gasteiger partial charge in [0.25, 0.3) is 5.91 Å². The van der Waals surface area contributed by atoms with Gasteiger partial charge in [-0.3, -0.25) is 4.79 Å². The summed E-state index contributed by atoms with van der Waals surface area (Å²) < 4.78 is 15.8. The van der Waals surface area contributed by atoms with E-state index < -0.39 is 18.5 Å². The van der Waals surface area contributed by atoms with Gasteiger partial charge >= 0.3 is 5.97 Å². The summed E-state index contributed by atoms with van der Waals surface area (Å²) in [5.41, 5.74) is 1.80. The third kappa shape index (κ3) is 5.09. The number of esters is 1. The molecule has 0 radical (unpaired) electrons. The van der Waals surface area contributed by atoms with Gasteiger partial charge < -0.3 is 19.5 Å². The topological polar surface area (TPSA) is 97.7 Å². The summed E-state index contributed by atoms with van der Waals surface area (Å²) in [7, 11) is 0. The zero-order chi connectivity index (χ0) is 19.1. The number of nitrogens with one attached hydrogen (secondary N) is 1. The van der Waals surface area contributed by atoms with Gasteiger partial charge in [-0.15, -0.1) is 0 Å². The van der Waals surface area contributed by atoms with Gasteiger partial charge in [-0.2, -0.15) is 5.26 Å². The number of nitriles is 1. The Kier molecular flexibility index (Phi) is 5.70. The molecule has 1 heterocycles. The molecule has 2 aromatic rings. The van der Waals surface area contributed by atoms with Crippen LogP contribution in [0, 0.1) is 11.3 Å². The SMILES string of the molecule is N#Cc1ccc(/C=C/C(=O)OCC(=O)Nc2ccc3c(c2)OCCO3)cc1. The van der Waals surface area contributed by atoms with E-state index in [1.54, 1.807) is 48.5 Å². The van der Waals surface area contributed by atoms with E-state index in [4.69, 9.17) is 19.5 Å². The lowest BCUT2D eigenvalue weighted by Gasteiger charge is -2.18. The number of carbonyl (C=O) groups excluding carboxylic acids is 2. The molecule has 136 valence electrons. The molecule has 1 aliphatic rings. The van der Waals surface area contributed by atoms with E-state index in [0.717, 1.165) is 5.56 Å². The minimum Gasteiger partial charge on any atom is -0.486 e. The van der Waals surface area contributed by atoms with Crippen LogP contribution < -0.4 is 14.8 Å². The van der Waals surface area contributed by atoms with Gasteiger partial charge in [0.2, 0.25) is 0 Å². The summed E-state index contributed by atoms with van der Waals surface area (Å²) in [5, 5.41) is 11.4. The quantitative estimate of drug-likeness (QED) is 0.647. The highest BCUT2D eigenvalue weighted by Crippen LogP contribution is 2.32. The summed E-state index contributed by atoms with van der Waals surface area (Å²) in [6.45, 7) is 0.531. The van der Waals surface area contributed by atoms with Crippen LogP contribution in [0.2, 0.25) is 0 Å². The Bertz CT molecular complexity index is 913. The molecular weight excluding hydrogens is 348 g/mol. The number of benzene rings is 2. The van der Waals surface area contributed by atoms with Gasteiger partial charge in [-0.1, -0.05) is 12.1 Å². The molecule has 0 aromatic heterocycles. The van der Waals surface area contributed by atoms with Gasteiger partial charge in [0.1, 0.15) is 13.2 Å². The summed E-state index contributed by atoms with van der Waals surface area (Å²) >= 11 is 0. The first kappa shape index (κ1) is 18.0. The van der Waals surface area contributed by atoms with E-state index in [9.17, 15) is 9.59 Å². The minimum absolute atomic E-state index is 0.412. The van der Waals surface area contributed by atoms with Crippen LogP contribution in [0.1, 0.15) is 11.1 Å². The largest absolute Gasteiger partial charge is 0.486 e. The Morgan fingerprint density at radius 2 is 1.85 bits per heavy atom. The Morgan fingerprint density at radius 3 is 2.59 bits per heavy atom. The molecule has 0 fully saturated rings. The predicted octanol–water partition coefficient (Wildman–Crippen LogP) is 2.52. The Morgan fingerprint density at radius 1 is 1.11 bits per heavy atom. The van der Waals surface area contributed by atoms with Gasteiger partial charge in [0.05, 0.1) is 11.6 Å². The van der Waals surface area contributed by atoms with Crippen molar-refractivity contribution in [3.05, 3.63) is 59.7 Å². The number of anilines is 1. The normalized spacial score (nSPS) is 12.3. The van der Waals surface area contributed by atoms with Crippen molar-refractivity contribution in [2.45, 2.75) is 0 Å². The van der Waals surface area contributed by atoms with E-state index in [-0.39, 0.29) is 0 Å². The third-order valence-corrected chi connectivity index (χ3v) is 3.62. The first-order chi connectivity index (χ1) is 13.1. The highest BCUT2D eigenvalue weighted by atomic mass is 16.6. The number of nitrogens with zero attached hydrogens (tertiary/aromatic N) is 1. The van der Waals surface area contributed by atoms with Crippen LogP contribution in [0.25, 0.3) is 6.08 Å². The lowest BCUT2D eigenvalue weighted by Crippen LogP contribution is -2.20. The third-order valence-electron chi connectivity index (χ3n) is 3.62. The zero-order valence-corrected chi connectivity index (χ0v) is 14.3. The van der Waals surface area contributed by atoms with Crippen LogP contribution in [0.5, 0.6) is 11.5 Å². The van der Waals surface area contributed by atoms with Crippen molar-refractivity contribution in [3.8, 4) is 17.6 Å². The Labute approximate surface area is 155 Å². The minimum atomic E-state index is -0.642. The maximum Gasteiger partial charge on any atom is 0.331 e. The predicted molar refractivity (Wildman–Crippen MR) is 97.2 cm³/mol. The Hall–Kier alpha value is -3.79. The highest BCUT2D eigenvalue weighted by molar-refractivity contribution is 5.94. The van der Waals surface area contributed by atoms with Crippen molar-refractivity contribution in [3.63, 3.8) is 0 Å². The molecule has 0 saturated carbocycles. The first-order valence-corrected chi connectivity index (χ1v) is 8.18. The summed E-state index contributed by atoms with van der Waals surface area (Å²) in [5.74, 6) is 0.0727. The van der Waals surface area contributed by atoms with Crippen molar-refractivity contribution >= 4 is 23.6 Å². The first-order valence-electron chi connectivity index (χ1n) is 8.18. The van der Waals surface area contributed by atoms with Crippen molar-refractivity contribution in [2.24, 2.45) is 0 Å². The van der Waals surface area contributed by atoms with Crippen LogP contribution in [0.15, 0.2) is 48.5 Å². The maximum atomic E-state index is 11.9. The number of ether oxygens (including phenoxy) is 3. The molecule has 1 aliphatic heterocycles. The van der Waals surface area contributed by atoms with Gasteiger partial charge in [0, 0.05) is 17.8 Å². The maximum absolute atomic E-state index is 11.9. The smallest absolute Gasteiger partial charge is 0.331 e. The highest BCUT2D eigenvalue weighted by Gasteiger charge is 2.13. The molecule has 0 spiro atoms. The average Bonchev–Trinajstić information content (AvgIpc) is 2.71. The molecule has 0 aliphatic carbocycles. The van der Waals surface area contributed by atoms with Crippen molar-refractivity contribution in [1.82, 2.24) is 0 Å². The molecular formula is C20H16N2O5. The molecule has 7 heteroatoms. The monoisotopic (exact) mass is 364 g/mol. The number of hydrogen-bond acceptors (Lipinski definition) is 6. The molecule has 0 bridgehead atoms. The number of amides is 1. The molecule has 7 nitrogen and oxygen atoms in total. The molecule has 0 unspecified atom stereocenters. The number of carbonyl (C=O) groups is 2. The van der Waals surface area contributed by atoms with Crippen LogP contribution in [0.4, 0.5) is 5.69 Å². The van der Waals surface area contributed by atoms with Crippen molar-refractivity contribution in [2.75, 3.05) is 25.1 Å². The van der Waals surface area contributed by atoms with Gasteiger partial charge in [-0.25, -0.2) is 4.79 Å². The average molecular weight is 364 g/mol. The van der Waals surface area contributed by atoms with Crippen LogP contribution in [-0.2, 0) is 14.3 Å². The lowest BCUT2D eigenvalue weighted by atomic mass is 10.1. The molecule has 2 aromatic carbocycles. The molecule has 0 saturated heterocycles. The summed E-state index contributed by atoms with van der Waals surface area (Å²) in [6.07, 6.45) is 2.76. The fraction of sp³-hybridized carbons (Fsp3) is 0.150. The van der Waals surface area contributed by atoms with Gasteiger partial charge in [-0.05, 0) is 35.9 Å². The van der Waals surface area contributed by atoms with Crippen LogP contribution in [-0.4, -0.2) is 31.7 Å². The molecule has 3 rings (SSSR count). The zero-order valence-electron chi connectivity index (χ0n) is 14.3. The van der Waals surface area contributed by atoms with Crippen LogP contribution in [0.3, 0.4) is 0 Å². The van der Waals surface area contributed by atoms with E-state index in [1.807, 2.05) is 6.07 Å². The summed E-state index contributed by atoms with van der Waals surface area (Å²) in [4.78, 5) is 23.6. The number of rotatable bonds is 5. The second-order valence-electron chi connectivity index (χ2n) is 5.58. The fourth-order valence-electron chi connectivity index (χ4n) is 2.34. The number of fused-ring (bicyclic) bond motifs is 1. The van der Waals surface area contributed by atoms with Crippen LogP contribution >= 0.6 is 0 Å². The van der Waals surface area contributed by atoms with E-state index in [1.165, 1.54) is 6.08 Å². The summed E-state index contributed by atoms with van der Waals surface area (Å²) in [6, 6.07) is 13.7. The van der Waals surface area contributed by atoms with E-state index in [2.05, 4.69) is 5.32 Å². The second kappa shape index (κ2) is 8.54. The van der Waals surface area contributed by atoms with Crippen molar-refractivity contribution < 1.29 is 23.8 Å². The fourth-order valence-corrected chi connectivity index (χ4v) is 2.34. The van der Waals surface area contributed by atoms with E-state index >= 15 is 0 Å². The molecule has 1 N–H and O–H groups in total. The molecule has 0 atom stereocenters.